The van der Waals surface area contributed by atoms with Crippen LogP contribution in [0.3, 0.4) is 0 Å². The molecule has 5 rings (SSSR count). The Hall–Kier alpha value is -4.51. The number of aromatic nitrogens is 1. The van der Waals surface area contributed by atoms with E-state index in [1.807, 2.05) is 0 Å². The van der Waals surface area contributed by atoms with E-state index in [0.29, 0.717) is 16.7 Å². The van der Waals surface area contributed by atoms with Gasteiger partial charge in [0.25, 0.3) is 20.2 Å². The van der Waals surface area contributed by atoms with E-state index in [1.165, 1.54) is 48.5 Å². The molecule has 0 bridgehead atoms. The molecule has 53 heavy (non-hydrogen) atoms. The van der Waals surface area contributed by atoms with Gasteiger partial charge in [0, 0.05) is 18.7 Å². The Morgan fingerprint density at radius 3 is 1.66 bits per heavy atom. The number of benzene rings is 4. The molecule has 0 fully saturated rings. The third-order valence-electron chi connectivity index (χ3n) is 7.87. The van der Waals surface area contributed by atoms with Gasteiger partial charge in [-0.2, -0.15) is 22.1 Å². The molecular weight excluding hydrogens is 752 g/mol. The van der Waals surface area contributed by atoms with Gasteiger partial charge < -0.3 is 10.6 Å². The van der Waals surface area contributed by atoms with Gasteiger partial charge in [-0.3, -0.25) is 9.11 Å². The van der Waals surface area contributed by atoms with Crippen LogP contribution in [0.1, 0.15) is 22.3 Å². The van der Waals surface area contributed by atoms with Crippen molar-refractivity contribution in [3.8, 4) is 6.07 Å². The first-order valence-electron chi connectivity index (χ1n) is 15.6. The number of nitrogens with zero attached hydrogens (tertiary/aromatic N) is 4. The van der Waals surface area contributed by atoms with Crippen molar-refractivity contribution < 1.29 is 63.9 Å². The predicted molar refractivity (Wildman–Crippen MR) is 193 cm³/mol. The van der Waals surface area contributed by atoms with Crippen molar-refractivity contribution in [3.05, 3.63) is 125 Å². The van der Waals surface area contributed by atoms with E-state index < -0.39 is 30.1 Å². The first-order valence-corrected chi connectivity index (χ1v) is 19.9. The molecule has 4 aromatic carbocycles. The topological polar surface area (TPSA) is 228 Å². The summed E-state index contributed by atoms with van der Waals surface area (Å²) in [5, 5.41) is 25.0. The number of azo groups is 1. The molecule has 0 amide bonds. The van der Waals surface area contributed by atoms with Crippen molar-refractivity contribution in [2.24, 2.45) is 10.2 Å². The van der Waals surface area contributed by atoms with Crippen LogP contribution in [0.25, 0.3) is 0 Å². The van der Waals surface area contributed by atoms with Crippen molar-refractivity contribution >= 4 is 53.1 Å². The van der Waals surface area contributed by atoms with E-state index in [1.54, 1.807) is 61.5 Å². The molecule has 4 N–H and O–H groups in total. The zero-order chi connectivity index (χ0) is 37.5. The molecule has 0 aliphatic rings. The van der Waals surface area contributed by atoms with Crippen molar-refractivity contribution in [1.29, 1.82) is 5.26 Å². The molecule has 0 atom stereocenters. The number of hydrogen-bond donors (Lipinski definition) is 4. The smallest absolute Gasteiger partial charge is 0.369 e. The van der Waals surface area contributed by atoms with Gasteiger partial charge in [0.1, 0.15) is 23.3 Å². The standard InChI is InChI=1S/C35H32N6O8S3.Na/c1-24-28(23-36)34(37-21-19-25-11-5-8-16-30(25)51(44,45)46)39-35(38-22-20-26-12-6-9-17-31(26)52(47,48)49)33(24)41-40-29-15-7-10-18-32(29)50(42,43)27-13-3-2-4-14-27;/h2-18H,19-22H2,1H3,(H2,37,38,39)(H,44,45,46)(H,47,48,49);/q;+1. The Labute approximate surface area is 329 Å². The molecule has 268 valence electrons. The summed E-state index contributed by atoms with van der Waals surface area (Å²) in [5.41, 5.74) is 1.15. The van der Waals surface area contributed by atoms with Gasteiger partial charge in [-0.25, -0.2) is 13.4 Å². The Bertz CT molecular complexity index is 2530. The molecule has 0 aliphatic heterocycles. The fraction of sp³-hybridized carbons (Fsp3) is 0.143. The largest absolute Gasteiger partial charge is 1.00 e. The van der Waals surface area contributed by atoms with Gasteiger partial charge in [-0.05, 0) is 67.3 Å². The number of anilines is 2. The summed E-state index contributed by atoms with van der Waals surface area (Å²) < 4.78 is 94.0. The van der Waals surface area contributed by atoms with E-state index in [-0.39, 0.29) is 104 Å². The zero-order valence-corrected chi connectivity index (χ0v) is 33.0. The van der Waals surface area contributed by atoms with Gasteiger partial charge in [0.2, 0.25) is 9.84 Å². The molecule has 1 aromatic heterocycles. The quantitative estimate of drug-likeness (QED) is 0.0723. The minimum absolute atomic E-state index is 0. The molecule has 0 saturated heterocycles. The molecule has 0 spiro atoms. The summed E-state index contributed by atoms with van der Waals surface area (Å²) in [5.74, 6) is 0.213. The first-order chi connectivity index (χ1) is 24.7. The van der Waals surface area contributed by atoms with Crippen LogP contribution in [0.5, 0.6) is 0 Å². The van der Waals surface area contributed by atoms with Crippen LogP contribution in [-0.2, 0) is 42.9 Å². The van der Waals surface area contributed by atoms with Crippen LogP contribution in [-0.4, -0.2) is 52.4 Å². The van der Waals surface area contributed by atoms with E-state index >= 15 is 0 Å². The van der Waals surface area contributed by atoms with Crippen molar-refractivity contribution in [1.82, 2.24) is 4.98 Å². The van der Waals surface area contributed by atoms with Crippen LogP contribution in [0, 0.1) is 18.3 Å². The van der Waals surface area contributed by atoms with Gasteiger partial charge in [-0.15, -0.1) is 10.2 Å². The third kappa shape index (κ3) is 9.93. The number of sulfone groups is 1. The zero-order valence-electron chi connectivity index (χ0n) is 28.5. The van der Waals surface area contributed by atoms with Crippen LogP contribution >= 0.6 is 0 Å². The summed E-state index contributed by atoms with van der Waals surface area (Å²) >= 11 is 0. The normalized spacial score (nSPS) is 11.8. The maximum Gasteiger partial charge on any atom is 1.00 e. The summed E-state index contributed by atoms with van der Waals surface area (Å²) in [6.07, 6.45) is 0.242. The Morgan fingerprint density at radius 2 is 1.13 bits per heavy atom. The fourth-order valence-corrected chi connectivity index (χ4v) is 8.27. The van der Waals surface area contributed by atoms with Gasteiger partial charge >= 0.3 is 29.6 Å². The number of pyridine rings is 1. The first kappa shape index (κ1) is 41.2. The number of nitriles is 1. The van der Waals surface area contributed by atoms with E-state index in [4.69, 9.17) is 0 Å². The predicted octanol–water partition coefficient (Wildman–Crippen LogP) is 3.32. The second-order valence-corrected chi connectivity index (χ2v) is 16.0. The second-order valence-electron chi connectivity index (χ2n) is 11.3. The van der Waals surface area contributed by atoms with Crippen LogP contribution in [0.15, 0.2) is 133 Å². The molecular formula is C35H32N6NaO8S3+. The molecule has 0 radical (unpaired) electrons. The van der Waals surface area contributed by atoms with E-state index in [9.17, 15) is 39.6 Å². The summed E-state index contributed by atoms with van der Waals surface area (Å²) in [7, 11) is -13.0. The SMILES string of the molecule is Cc1c(C#N)c(NCCc2ccccc2S(=O)(=O)O)nc(NCCc2ccccc2S(=O)(=O)O)c1N=Nc1ccccc1S(=O)(=O)c1ccccc1.[Na+]. The molecule has 14 nitrogen and oxygen atoms in total. The van der Waals surface area contributed by atoms with E-state index in [0.717, 1.165) is 0 Å². The average molecular weight is 784 g/mol. The maximum atomic E-state index is 13.5. The van der Waals surface area contributed by atoms with Crippen molar-refractivity contribution in [2.45, 2.75) is 39.3 Å². The average Bonchev–Trinajstić information content (AvgIpc) is 3.11. The van der Waals surface area contributed by atoms with E-state index in [2.05, 4.69) is 31.9 Å². The minimum Gasteiger partial charge on any atom is -0.369 e. The third-order valence-corrected chi connectivity index (χ3v) is 11.6. The number of rotatable bonds is 14. The minimum atomic E-state index is -4.51. The molecule has 5 aromatic rings. The van der Waals surface area contributed by atoms with Crippen molar-refractivity contribution in [3.63, 3.8) is 0 Å². The second kappa shape index (κ2) is 17.5. The molecule has 1 heterocycles. The Morgan fingerprint density at radius 1 is 0.660 bits per heavy atom. The Balaban J connectivity index is 0.00000627. The summed E-state index contributed by atoms with van der Waals surface area (Å²) in [6, 6.07) is 27.8. The summed E-state index contributed by atoms with van der Waals surface area (Å²) in [6.45, 7) is 1.77. The maximum absolute atomic E-state index is 13.5. The van der Waals surface area contributed by atoms with Crippen LogP contribution < -0.4 is 40.2 Å². The number of hydrogen-bond acceptors (Lipinski definition) is 12. The fourth-order valence-electron chi connectivity index (χ4n) is 5.36. The van der Waals surface area contributed by atoms with Gasteiger partial charge in [0.15, 0.2) is 5.82 Å². The molecule has 0 unspecified atom stereocenters. The number of nitrogens with one attached hydrogen (secondary N) is 2. The van der Waals surface area contributed by atoms with Gasteiger partial charge in [0.05, 0.1) is 25.1 Å². The van der Waals surface area contributed by atoms with Crippen molar-refractivity contribution in [2.75, 3.05) is 23.7 Å². The molecule has 18 heteroatoms. The van der Waals surface area contributed by atoms with Gasteiger partial charge in [-0.1, -0.05) is 66.7 Å². The van der Waals surface area contributed by atoms with Crippen LogP contribution in [0.4, 0.5) is 23.0 Å². The summed E-state index contributed by atoms with van der Waals surface area (Å²) in [4.78, 5) is 4.04. The Kier molecular flexibility index (Phi) is 13.7. The monoisotopic (exact) mass is 783 g/mol. The van der Waals surface area contributed by atoms with Crippen LogP contribution in [0.2, 0.25) is 0 Å². The molecule has 0 saturated carbocycles. The molecule has 0 aliphatic carbocycles.